The first-order valence-electron chi connectivity index (χ1n) is 5.92. The molecule has 4 nitrogen and oxygen atoms in total. The first kappa shape index (κ1) is 15.2. The molecule has 2 aromatic carbocycles. The molecular weight excluding hydrogens is 311 g/mol. The SMILES string of the molecule is N#Cc1ccc(COC(=O)c2c(N)cccc2Cl)c(Cl)c1. The van der Waals surface area contributed by atoms with E-state index in [1.807, 2.05) is 6.07 Å². The number of nitrogen functional groups attached to an aromatic ring is 1. The van der Waals surface area contributed by atoms with Gasteiger partial charge in [0.15, 0.2) is 0 Å². The van der Waals surface area contributed by atoms with E-state index in [9.17, 15) is 4.79 Å². The summed E-state index contributed by atoms with van der Waals surface area (Å²) in [5.41, 5.74) is 7.12. The van der Waals surface area contributed by atoms with Crippen LogP contribution < -0.4 is 5.73 Å². The van der Waals surface area contributed by atoms with E-state index in [2.05, 4.69) is 0 Å². The Morgan fingerprint density at radius 2 is 2.00 bits per heavy atom. The lowest BCUT2D eigenvalue weighted by atomic mass is 10.1. The van der Waals surface area contributed by atoms with Crippen molar-refractivity contribution in [3.63, 3.8) is 0 Å². The van der Waals surface area contributed by atoms with E-state index >= 15 is 0 Å². The summed E-state index contributed by atoms with van der Waals surface area (Å²) in [4.78, 5) is 12.0. The van der Waals surface area contributed by atoms with E-state index in [1.165, 1.54) is 6.07 Å². The van der Waals surface area contributed by atoms with Crippen LogP contribution in [0.4, 0.5) is 5.69 Å². The molecule has 0 spiro atoms. The molecule has 0 saturated carbocycles. The van der Waals surface area contributed by atoms with Crippen molar-refractivity contribution < 1.29 is 9.53 Å². The number of nitrogens with two attached hydrogens (primary N) is 1. The first-order valence-corrected chi connectivity index (χ1v) is 6.68. The van der Waals surface area contributed by atoms with E-state index in [0.717, 1.165) is 0 Å². The van der Waals surface area contributed by atoms with Crippen LogP contribution in [0.3, 0.4) is 0 Å². The van der Waals surface area contributed by atoms with Gasteiger partial charge in [-0.25, -0.2) is 4.79 Å². The van der Waals surface area contributed by atoms with Crippen molar-refractivity contribution in [3.8, 4) is 6.07 Å². The maximum absolute atomic E-state index is 12.0. The number of esters is 1. The molecule has 0 fully saturated rings. The van der Waals surface area contributed by atoms with Crippen molar-refractivity contribution in [2.75, 3.05) is 5.73 Å². The minimum absolute atomic E-state index is 0.0337. The number of hydrogen-bond acceptors (Lipinski definition) is 4. The van der Waals surface area contributed by atoms with Crippen LogP contribution in [0.5, 0.6) is 0 Å². The van der Waals surface area contributed by atoms with Crippen LogP contribution >= 0.6 is 23.2 Å². The van der Waals surface area contributed by atoms with E-state index in [-0.39, 0.29) is 22.9 Å². The summed E-state index contributed by atoms with van der Waals surface area (Å²) in [6.07, 6.45) is 0. The largest absolute Gasteiger partial charge is 0.457 e. The van der Waals surface area contributed by atoms with Crippen LogP contribution in [0.1, 0.15) is 21.5 Å². The van der Waals surface area contributed by atoms with Gasteiger partial charge in [0.1, 0.15) is 12.2 Å². The second kappa shape index (κ2) is 6.49. The number of nitriles is 1. The Hall–Kier alpha value is -2.22. The minimum Gasteiger partial charge on any atom is -0.457 e. The predicted molar refractivity (Wildman–Crippen MR) is 81.2 cm³/mol. The molecular formula is C15H10Cl2N2O2. The van der Waals surface area contributed by atoms with Gasteiger partial charge in [0.2, 0.25) is 0 Å². The van der Waals surface area contributed by atoms with Crippen molar-refractivity contribution in [2.45, 2.75) is 6.61 Å². The molecule has 0 aromatic heterocycles. The summed E-state index contributed by atoms with van der Waals surface area (Å²) < 4.78 is 5.16. The number of halogens is 2. The number of rotatable bonds is 3. The van der Waals surface area contributed by atoms with Crippen molar-refractivity contribution in [2.24, 2.45) is 0 Å². The van der Waals surface area contributed by atoms with E-state index < -0.39 is 5.97 Å². The van der Waals surface area contributed by atoms with Crippen molar-refractivity contribution >= 4 is 34.9 Å². The van der Waals surface area contributed by atoms with Crippen molar-refractivity contribution in [1.29, 1.82) is 5.26 Å². The number of hydrogen-bond donors (Lipinski definition) is 1. The Morgan fingerprint density at radius 1 is 1.24 bits per heavy atom. The fraction of sp³-hybridized carbons (Fsp3) is 0.0667. The summed E-state index contributed by atoms with van der Waals surface area (Å²) in [6, 6.07) is 11.5. The van der Waals surface area contributed by atoms with Crippen LogP contribution in [0.2, 0.25) is 10.0 Å². The van der Waals surface area contributed by atoms with Crippen molar-refractivity contribution in [3.05, 3.63) is 63.1 Å². The van der Waals surface area contributed by atoms with Gasteiger partial charge in [-0.15, -0.1) is 0 Å². The second-order valence-electron chi connectivity index (χ2n) is 4.20. The highest BCUT2D eigenvalue weighted by Crippen LogP contribution is 2.24. The molecule has 106 valence electrons. The standard InChI is InChI=1S/C15H10Cl2N2O2/c16-11-2-1-3-13(19)14(11)15(20)21-8-10-5-4-9(7-18)6-12(10)17/h1-6H,8,19H2. The number of nitrogens with zero attached hydrogens (tertiary/aromatic N) is 1. The maximum atomic E-state index is 12.0. The molecule has 0 radical (unpaired) electrons. The average molecular weight is 321 g/mol. The van der Waals surface area contributed by atoms with Gasteiger partial charge in [-0.05, 0) is 24.3 Å². The molecule has 0 unspecified atom stereocenters. The minimum atomic E-state index is -0.626. The second-order valence-corrected chi connectivity index (χ2v) is 5.01. The predicted octanol–water partition coefficient (Wildman–Crippen LogP) is 3.80. The monoisotopic (exact) mass is 320 g/mol. The molecule has 2 N–H and O–H groups in total. The number of benzene rings is 2. The zero-order valence-electron chi connectivity index (χ0n) is 10.8. The highest BCUT2D eigenvalue weighted by Gasteiger charge is 2.16. The Bertz CT molecular complexity index is 719. The normalized spacial score (nSPS) is 9.95. The third-order valence-electron chi connectivity index (χ3n) is 2.79. The summed E-state index contributed by atoms with van der Waals surface area (Å²) in [5.74, 6) is -0.626. The highest BCUT2D eigenvalue weighted by molar-refractivity contribution is 6.34. The quantitative estimate of drug-likeness (QED) is 0.689. The lowest BCUT2D eigenvalue weighted by molar-refractivity contribution is 0.0474. The molecule has 0 saturated heterocycles. The van der Waals surface area contributed by atoms with Gasteiger partial charge in [0, 0.05) is 16.3 Å². The van der Waals surface area contributed by atoms with Crippen LogP contribution in [0.25, 0.3) is 0 Å². The fourth-order valence-electron chi connectivity index (χ4n) is 1.71. The van der Waals surface area contributed by atoms with Crippen LogP contribution in [0.15, 0.2) is 36.4 Å². The molecule has 0 bridgehead atoms. The summed E-state index contributed by atoms with van der Waals surface area (Å²) in [6.45, 7) is -0.0337. The molecule has 0 aliphatic rings. The fourth-order valence-corrected chi connectivity index (χ4v) is 2.20. The van der Waals surface area contributed by atoms with E-state index in [4.69, 9.17) is 38.9 Å². The summed E-state index contributed by atoms with van der Waals surface area (Å²) in [5, 5.41) is 9.34. The van der Waals surface area contributed by atoms with Gasteiger partial charge in [0.25, 0.3) is 0 Å². The van der Waals surface area contributed by atoms with Gasteiger partial charge in [0.05, 0.1) is 16.7 Å². The lowest BCUT2D eigenvalue weighted by Gasteiger charge is -2.09. The van der Waals surface area contributed by atoms with Crippen LogP contribution in [-0.4, -0.2) is 5.97 Å². The Morgan fingerprint density at radius 3 is 2.62 bits per heavy atom. The van der Waals surface area contributed by atoms with Crippen LogP contribution in [-0.2, 0) is 11.3 Å². The van der Waals surface area contributed by atoms with Gasteiger partial charge in [-0.1, -0.05) is 35.3 Å². The molecule has 0 aliphatic heterocycles. The smallest absolute Gasteiger partial charge is 0.342 e. The highest BCUT2D eigenvalue weighted by atomic mass is 35.5. The van der Waals surface area contributed by atoms with Gasteiger partial charge >= 0.3 is 5.97 Å². The third-order valence-corrected chi connectivity index (χ3v) is 3.46. The average Bonchev–Trinajstić information content (AvgIpc) is 2.45. The molecule has 0 aliphatic carbocycles. The Balaban J connectivity index is 2.13. The van der Waals surface area contributed by atoms with Gasteiger partial charge in [-0.3, -0.25) is 0 Å². The molecule has 0 amide bonds. The molecule has 2 aromatic rings. The molecule has 21 heavy (non-hydrogen) atoms. The first-order chi connectivity index (χ1) is 10.0. The van der Waals surface area contributed by atoms with Crippen LogP contribution in [0, 0.1) is 11.3 Å². The lowest BCUT2D eigenvalue weighted by Crippen LogP contribution is -2.09. The van der Waals surface area contributed by atoms with Gasteiger partial charge < -0.3 is 10.5 Å². The molecule has 6 heteroatoms. The topological polar surface area (TPSA) is 76.1 Å². The number of carbonyl (C=O) groups excluding carboxylic acids is 1. The molecule has 0 atom stereocenters. The third kappa shape index (κ3) is 3.46. The Labute approximate surface area is 131 Å². The zero-order valence-corrected chi connectivity index (χ0v) is 12.3. The van der Waals surface area contributed by atoms with E-state index in [0.29, 0.717) is 16.1 Å². The van der Waals surface area contributed by atoms with E-state index in [1.54, 1.807) is 30.3 Å². The van der Waals surface area contributed by atoms with Gasteiger partial charge in [-0.2, -0.15) is 5.26 Å². The number of ether oxygens (including phenoxy) is 1. The summed E-state index contributed by atoms with van der Waals surface area (Å²) in [7, 11) is 0. The van der Waals surface area contributed by atoms with Crippen molar-refractivity contribution in [1.82, 2.24) is 0 Å². The molecule has 0 heterocycles. The Kier molecular flexibility index (Phi) is 4.69. The zero-order chi connectivity index (χ0) is 15.4. The maximum Gasteiger partial charge on any atom is 0.342 e. The number of carbonyl (C=O) groups is 1. The summed E-state index contributed by atoms with van der Waals surface area (Å²) >= 11 is 11.9. The number of anilines is 1. The molecule has 2 rings (SSSR count).